The molecule has 0 saturated heterocycles. The molecular formula is C13H9Cl2NO. The van der Waals surface area contributed by atoms with Gasteiger partial charge in [-0.25, -0.2) is 0 Å². The first-order valence-corrected chi connectivity index (χ1v) is 5.74. The van der Waals surface area contributed by atoms with Gasteiger partial charge in [0.15, 0.2) is 6.21 Å². The maximum Gasteiger partial charge on any atom is 0.216 e. The van der Waals surface area contributed by atoms with Gasteiger partial charge in [-0.05, 0) is 24.3 Å². The van der Waals surface area contributed by atoms with E-state index in [1.54, 1.807) is 36.4 Å². The molecule has 2 nitrogen and oxygen atoms in total. The van der Waals surface area contributed by atoms with Gasteiger partial charge >= 0.3 is 0 Å². The van der Waals surface area contributed by atoms with E-state index >= 15 is 0 Å². The number of halogens is 2. The molecule has 0 saturated carbocycles. The van der Waals surface area contributed by atoms with E-state index in [2.05, 4.69) is 0 Å². The van der Waals surface area contributed by atoms with Crippen molar-refractivity contribution in [2.75, 3.05) is 0 Å². The van der Waals surface area contributed by atoms with Crippen LogP contribution in [0.5, 0.6) is 0 Å². The van der Waals surface area contributed by atoms with Gasteiger partial charge in [0.2, 0.25) is 5.69 Å². The average Bonchev–Trinajstić information content (AvgIpc) is 2.33. The standard InChI is InChI=1S/C13H9Cl2NO/c14-11-5-7-12(8-6-11)16(17)9-10-3-1-2-4-13(10)15/h1-9H/b16-9+. The van der Waals surface area contributed by atoms with Crippen LogP contribution >= 0.6 is 23.2 Å². The van der Waals surface area contributed by atoms with Crippen LogP contribution in [0.4, 0.5) is 5.69 Å². The molecule has 0 spiro atoms. The fourth-order valence-electron chi connectivity index (χ4n) is 1.37. The second-order valence-corrected chi connectivity index (χ2v) is 4.30. The summed E-state index contributed by atoms with van der Waals surface area (Å²) in [4.78, 5) is 0. The molecule has 0 aromatic heterocycles. The summed E-state index contributed by atoms with van der Waals surface area (Å²) in [6, 6.07) is 13.8. The van der Waals surface area contributed by atoms with Crippen LogP contribution in [0.1, 0.15) is 5.56 Å². The third-order valence-corrected chi connectivity index (χ3v) is 2.84. The number of nitrogens with zero attached hydrogens (tertiary/aromatic N) is 1. The zero-order valence-corrected chi connectivity index (χ0v) is 10.3. The van der Waals surface area contributed by atoms with E-state index in [9.17, 15) is 5.21 Å². The van der Waals surface area contributed by atoms with E-state index in [1.807, 2.05) is 12.1 Å². The molecule has 2 rings (SSSR count). The van der Waals surface area contributed by atoms with Crippen molar-refractivity contribution < 1.29 is 4.74 Å². The second-order valence-electron chi connectivity index (χ2n) is 3.45. The molecule has 0 aliphatic heterocycles. The van der Waals surface area contributed by atoms with Crippen LogP contribution in [0, 0.1) is 5.21 Å². The first-order valence-electron chi connectivity index (χ1n) is 4.98. The molecule has 86 valence electrons. The molecule has 0 radical (unpaired) electrons. The largest absolute Gasteiger partial charge is 0.618 e. The van der Waals surface area contributed by atoms with Crippen LogP contribution in [0.25, 0.3) is 0 Å². The molecular weight excluding hydrogens is 257 g/mol. The van der Waals surface area contributed by atoms with Gasteiger partial charge in [-0.1, -0.05) is 35.3 Å². The third kappa shape index (κ3) is 2.99. The van der Waals surface area contributed by atoms with E-state index < -0.39 is 0 Å². The first-order chi connectivity index (χ1) is 8.16. The predicted octanol–water partition coefficient (Wildman–Crippen LogP) is 4.25. The Balaban J connectivity index is 2.34. The number of benzene rings is 2. The van der Waals surface area contributed by atoms with Crippen molar-refractivity contribution in [1.29, 1.82) is 0 Å². The smallest absolute Gasteiger partial charge is 0.216 e. The lowest BCUT2D eigenvalue weighted by molar-refractivity contribution is -0.354. The quantitative estimate of drug-likeness (QED) is 0.345. The fourth-order valence-corrected chi connectivity index (χ4v) is 1.68. The van der Waals surface area contributed by atoms with Crippen LogP contribution in [0.3, 0.4) is 0 Å². The summed E-state index contributed by atoms with van der Waals surface area (Å²) in [6.07, 6.45) is 1.44. The zero-order valence-electron chi connectivity index (χ0n) is 8.81. The molecule has 0 atom stereocenters. The highest BCUT2D eigenvalue weighted by molar-refractivity contribution is 6.33. The zero-order chi connectivity index (χ0) is 12.3. The van der Waals surface area contributed by atoms with Gasteiger partial charge in [0.05, 0.1) is 10.6 Å². The molecule has 0 aliphatic rings. The summed E-state index contributed by atoms with van der Waals surface area (Å²) in [7, 11) is 0. The third-order valence-electron chi connectivity index (χ3n) is 2.24. The molecule has 0 unspecified atom stereocenters. The van der Waals surface area contributed by atoms with Crippen molar-refractivity contribution in [2.24, 2.45) is 0 Å². The predicted molar refractivity (Wildman–Crippen MR) is 71.4 cm³/mol. The van der Waals surface area contributed by atoms with Crippen LogP contribution in [-0.4, -0.2) is 11.0 Å². The maximum atomic E-state index is 11.8. The van der Waals surface area contributed by atoms with E-state index in [4.69, 9.17) is 23.2 Å². The van der Waals surface area contributed by atoms with Gasteiger partial charge in [-0.15, -0.1) is 0 Å². The maximum absolute atomic E-state index is 11.8. The summed E-state index contributed by atoms with van der Waals surface area (Å²) in [5.41, 5.74) is 1.19. The van der Waals surface area contributed by atoms with Crippen molar-refractivity contribution in [3.8, 4) is 0 Å². The van der Waals surface area contributed by atoms with Crippen molar-refractivity contribution in [1.82, 2.24) is 0 Å². The Labute approximate surface area is 109 Å². The summed E-state index contributed by atoms with van der Waals surface area (Å²) < 4.78 is 0.761. The molecule has 0 amide bonds. The van der Waals surface area contributed by atoms with E-state index in [0.29, 0.717) is 21.3 Å². The average molecular weight is 266 g/mol. The molecule has 0 bridgehead atoms. The molecule has 0 heterocycles. The summed E-state index contributed by atoms with van der Waals surface area (Å²) >= 11 is 11.7. The van der Waals surface area contributed by atoms with Crippen LogP contribution in [-0.2, 0) is 0 Å². The number of hydrogen-bond acceptors (Lipinski definition) is 1. The summed E-state index contributed by atoms with van der Waals surface area (Å²) in [5, 5.41) is 13.0. The lowest BCUT2D eigenvalue weighted by Crippen LogP contribution is -1.98. The summed E-state index contributed by atoms with van der Waals surface area (Å²) in [6.45, 7) is 0. The van der Waals surface area contributed by atoms with E-state index in [-0.39, 0.29) is 0 Å². The van der Waals surface area contributed by atoms with Crippen molar-refractivity contribution in [2.45, 2.75) is 0 Å². The highest BCUT2D eigenvalue weighted by Gasteiger charge is 2.03. The van der Waals surface area contributed by atoms with Crippen molar-refractivity contribution in [3.63, 3.8) is 0 Å². The Kier molecular flexibility index (Phi) is 3.67. The Morgan fingerprint density at radius 3 is 2.24 bits per heavy atom. The molecule has 2 aromatic carbocycles. The van der Waals surface area contributed by atoms with Gasteiger partial charge in [0.25, 0.3) is 0 Å². The monoisotopic (exact) mass is 265 g/mol. The minimum Gasteiger partial charge on any atom is -0.618 e. The lowest BCUT2D eigenvalue weighted by atomic mass is 10.2. The van der Waals surface area contributed by atoms with Crippen LogP contribution in [0.15, 0.2) is 48.5 Å². The van der Waals surface area contributed by atoms with Gasteiger partial charge in [0, 0.05) is 17.2 Å². The molecule has 0 N–H and O–H groups in total. The molecule has 17 heavy (non-hydrogen) atoms. The highest BCUT2D eigenvalue weighted by Crippen LogP contribution is 2.17. The minimum absolute atomic E-state index is 0.509. The SMILES string of the molecule is [O-]/[N+](=C/c1ccccc1Cl)c1ccc(Cl)cc1. The number of hydrogen-bond donors (Lipinski definition) is 0. The lowest BCUT2D eigenvalue weighted by Gasteiger charge is -2.03. The minimum atomic E-state index is 0.509. The van der Waals surface area contributed by atoms with Gasteiger partial charge < -0.3 is 5.21 Å². The Bertz CT molecular complexity index is 550. The second kappa shape index (κ2) is 5.21. The Hall–Kier alpha value is -1.51. The molecule has 2 aromatic rings. The normalized spacial score (nSPS) is 11.5. The molecule has 4 heteroatoms. The summed E-state index contributed by atoms with van der Waals surface area (Å²) in [5.74, 6) is 0. The topological polar surface area (TPSA) is 26.1 Å². The Morgan fingerprint density at radius 1 is 0.941 bits per heavy atom. The van der Waals surface area contributed by atoms with Crippen molar-refractivity contribution >= 4 is 35.1 Å². The number of rotatable bonds is 2. The molecule has 0 aliphatic carbocycles. The molecule has 0 fully saturated rings. The van der Waals surface area contributed by atoms with Gasteiger partial charge in [-0.3, -0.25) is 0 Å². The van der Waals surface area contributed by atoms with E-state index in [0.717, 1.165) is 4.74 Å². The van der Waals surface area contributed by atoms with Gasteiger partial charge in [-0.2, -0.15) is 4.74 Å². The van der Waals surface area contributed by atoms with Crippen molar-refractivity contribution in [3.05, 3.63) is 69.3 Å². The van der Waals surface area contributed by atoms with Gasteiger partial charge in [0.1, 0.15) is 0 Å². The fraction of sp³-hybridized carbons (Fsp3) is 0. The van der Waals surface area contributed by atoms with Crippen LogP contribution in [0.2, 0.25) is 10.0 Å². The first kappa shape index (κ1) is 12.0. The van der Waals surface area contributed by atoms with E-state index in [1.165, 1.54) is 6.21 Å². The highest BCUT2D eigenvalue weighted by atomic mass is 35.5. The Morgan fingerprint density at radius 2 is 1.59 bits per heavy atom. The van der Waals surface area contributed by atoms with Crippen LogP contribution < -0.4 is 0 Å².